The number of rotatable bonds is 5. The van der Waals surface area contributed by atoms with E-state index in [9.17, 15) is 0 Å². The summed E-state index contributed by atoms with van der Waals surface area (Å²) in [5.74, 6) is 0. The van der Waals surface area contributed by atoms with Crippen molar-refractivity contribution in [2.45, 2.75) is 32.0 Å². The lowest BCUT2D eigenvalue weighted by Crippen LogP contribution is -2.14. The second-order valence-corrected chi connectivity index (χ2v) is 7.60. The van der Waals surface area contributed by atoms with Crippen LogP contribution >= 0.6 is 27.3 Å². The van der Waals surface area contributed by atoms with Crippen molar-refractivity contribution in [2.75, 3.05) is 0 Å². The summed E-state index contributed by atoms with van der Waals surface area (Å²) in [6.45, 7) is 1.92. The smallest absolute Gasteiger partial charge is 0.0569 e. The zero-order valence-electron chi connectivity index (χ0n) is 11.7. The Labute approximate surface area is 136 Å². The first-order valence-corrected chi connectivity index (χ1v) is 9.00. The Balaban J connectivity index is 1.66. The highest BCUT2D eigenvalue weighted by atomic mass is 79.9. The van der Waals surface area contributed by atoms with Crippen LogP contribution < -0.4 is 5.32 Å². The quantitative estimate of drug-likeness (QED) is 0.693. The van der Waals surface area contributed by atoms with Crippen LogP contribution in [0.3, 0.4) is 0 Å². The van der Waals surface area contributed by atoms with E-state index < -0.39 is 0 Å². The van der Waals surface area contributed by atoms with Gasteiger partial charge in [0.05, 0.1) is 6.54 Å². The second-order valence-electron chi connectivity index (χ2n) is 5.69. The molecular formula is C17H17BrN2S. The third-order valence-corrected chi connectivity index (χ3v) is 5.66. The molecule has 1 aliphatic rings. The van der Waals surface area contributed by atoms with Gasteiger partial charge in [0.2, 0.25) is 0 Å². The lowest BCUT2D eigenvalue weighted by molar-refractivity contribution is 0.687. The molecule has 21 heavy (non-hydrogen) atoms. The number of halogens is 1. The molecule has 0 atom stereocenters. The van der Waals surface area contributed by atoms with Crippen LogP contribution in [0.25, 0.3) is 10.9 Å². The van der Waals surface area contributed by atoms with Crippen LogP contribution in [0.15, 0.2) is 46.4 Å². The zero-order chi connectivity index (χ0) is 14.2. The number of hydrogen-bond donors (Lipinski definition) is 1. The number of thiophene rings is 1. The van der Waals surface area contributed by atoms with Crippen molar-refractivity contribution in [1.82, 2.24) is 9.88 Å². The molecule has 0 spiro atoms. The van der Waals surface area contributed by atoms with Gasteiger partial charge in [-0.3, -0.25) is 0 Å². The van der Waals surface area contributed by atoms with Gasteiger partial charge in [0.15, 0.2) is 0 Å². The summed E-state index contributed by atoms with van der Waals surface area (Å²) < 4.78 is 3.55. The van der Waals surface area contributed by atoms with Gasteiger partial charge in [0.25, 0.3) is 0 Å². The van der Waals surface area contributed by atoms with E-state index in [0.29, 0.717) is 0 Å². The molecule has 2 heterocycles. The summed E-state index contributed by atoms with van der Waals surface area (Å²) in [4.78, 5) is 1.38. The van der Waals surface area contributed by atoms with E-state index in [1.807, 2.05) is 11.3 Å². The van der Waals surface area contributed by atoms with E-state index in [-0.39, 0.29) is 0 Å². The van der Waals surface area contributed by atoms with E-state index in [4.69, 9.17) is 0 Å². The molecule has 1 N–H and O–H groups in total. The molecule has 1 fully saturated rings. The first kappa shape index (κ1) is 13.6. The lowest BCUT2D eigenvalue weighted by Gasteiger charge is -2.02. The first-order chi connectivity index (χ1) is 10.3. The highest BCUT2D eigenvalue weighted by Gasteiger charge is 2.20. The molecule has 4 heteroatoms. The van der Waals surface area contributed by atoms with Gasteiger partial charge in [-0.2, -0.15) is 0 Å². The molecule has 3 aromatic rings. The topological polar surface area (TPSA) is 17.0 Å². The van der Waals surface area contributed by atoms with Crippen molar-refractivity contribution in [3.05, 3.63) is 56.8 Å². The summed E-state index contributed by atoms with van der Waals surface area (Å²) in [5.41, 5.74) is 2.74. The Morgan fingerprint density at radius 3 is 2.90 bits per heavy atom. The summed E-state index contributed by atoms with van der Waals surface area (Å²) in [5, 5.41) is 7.15. The number of aromatic nitrogens is 1. The molecule has 0 bridgehead atoms. The Kier molecular flexibility index (Phi) is 3.61. The number of hydrogen-bond acceptors (Lipinski definition) is 2. The molecule has 108 valence electrons. The Hall–Kier alpha value is -1.10. The molecule has 0 aliphatic heterocycles. The van der Waals surface area contributed by atoms with E-state index in [2.05, 4.69) is 67.7 Å². The van der Waals surface area contributed by atoms with Crippen molar-refractivity contribution in [2.24, 2.45) is 0 Å². The van der Waals surface area contributed by atoms with Crippen molar-refractivity contribution in [3.63, 3.8) is 0 Å². The number of benzene rings is 1. The van der Waals surface area contributed by atoms with Crippen LogP contribution in [0.1, 0.15) is 23.3 Å². The number of para-hydroxylation sites is 1. The monoisotopic (exact) mass is 360 g/mol. The maximum absolute atomic E-state index is 3.63. The lowest BCUT2D eigenvalue weighted by atomic mass is 10.2. The highest BCUT2D eigenvalue weighted by molar-refractivity contribution is 9.10. The molecule has 4 rings (SSSR count). The molecule has 1 aliphatic carbocycles. The minimum atomic E-state index is 0.750. The van der Waals surface area contributed by atoms with Crippen LogP contribution in [-0.2, 0) is 13.1 Å². The van der Waals surface area contributed by atoms with Gasteiger partial charge in [0.1, 0.15) is 0 Å². The van der Waals surface area contributed by atoms with E-state index in [0.717, 1.165) is 19.1 Å². The van der Waals surface area contributed by atoms with Gasteiger partial charge >= 0.3 is 0 Å². The summed E-state index contributed by atoms with van der Waals surface area (Å²) in [7, 11) is 0. The predicted octanol–water partition coefficient (Wildman–Crippen LogP) is 4.77. The van der Waals surface area contributed by atoms with E-state index in [1.165, 1.54) is 38.7 Å². The molecular weight excluding hydrogens is 344 g/mol. The molecule has 1 saturated carbocycles. The maximum atomic E-state index is 3.63. The third-order valence-electron chi connectivity index (χ3n) is 3.98. The largest absolute Gasteiger partial charge is 0.342 e. The maximum Gasteiger partial charge on any atom is 0.0569 e. The zero-order valence-corrected chi connectivity index (χ0v) is 14.1. The van der Waals surface area contributed by atoms with Crippen molar-refractivity contribution < 1.29 is 0 Å². The van der Waals surface area contributed by atoms with Gasteiger partial charge in [-0.25, -0.2) is 0 Å². The third kappa shape index (κ3) is 2.93. The number of nitrogens with one attached hydrogen (secondary N) is 1. The van der Waals surface area contributed by atoms with E-state index in [1.54, 1.807) is 0 Å². The Bertz CT molecular complexity index is 770. The molecule has 0 unspecified atom stereocenters. The fourth-order valence-electron chi connectivity index (χ4n) is 2.74. The van der Waals surface area contributed by atoms with Crippen LogP contribution in [0.5, 0.6) is 0 Å². The van der Waals surface area contributed by atoms with Gasteiger partial charge in [-0.1, -0.05) is 18.2 Å². The number of nitrogens with zero attached hydrogens (tertiary/aromatic N) is 1. The Morgan fingerprint density at radius 1 is 1.29 bits per heavy atom. The fourth-order valence-corrected chi connectivity index (χ4v) is 4.19. The van der Waals surface area contributed by atoms with Crippen molar-refractivity contribution in [3.8, 4) is 0 Å². The van der Waals surface area contributed by atoms with Crippen LogP contribution in [0.4, 0.5) is 0 Å². The van der Waals surface area contributed by atoms with Crippen molar-refractivity contribution in [1.29, 1.82) is 0 Å². The first-order valence-electron chi connectivity index (χ1n) is 7.32. The molecule has 2 nitrogen and oxygen atoms in total. The molecule has 0 saturated heterocycles. The fraction of sp³-hybridized carbons (Fsp3) is 0.294. The summed E-state index contributed by atoms with van der Waals surface area (Å²) >= 11 is 5.35. The predicted molar refractivity (Wildman–Crippen MR) is 92.9 cm³/mol. The van der Waals surface area contributed by atoms with Crippen molar-refractivity contribution >= 4 is 38.2 Å². The Morgan fingerprint density at radius 2 is 2.14 bits per heavy atom. The van der Waals surface area contributed by atoms with Gasteiger partial charge < -0.3 is 9.88 Å². The average Bonchev–Trinajstić information content (AvgIpc) is 3.15. The van der Waals surface area contributed by atoms with Crippen LogP contribution in [0.2, 0.25) is 0 Å². The van der Waals surface area contributed by atoms with Gasteiger partial charge in [-0.05, 0) is 46.5 Å². The molecule has 0 radical (unpaired) electrons. The van der Waals surface area contributed by atoms with Gasteiger partial charge in [-0.15, -0.1) is 11.3 Å². The minimum Gasteiger partial charge on any atom is -0.342 e. The SMILES string of the molecule is Brc1csc(Cn2cc(CNC3CC3)c3ccccc32)c1. The minimum absolute atomic E-state index is 0.750. The normalized spacial score (nSPS) is 14.9. The van der Waals surface area contributed by atoms with Crippen LogP contribution in [0, 0.1) is 0 Å². The van der Waals surface area contributed by atoms with Gasteiger partial charge in [0, 0.05) is 44.4 Å². The average molecular weight is 361 g/mol. The second kappa shape index (κ2) is 5.59. The molecule has 2 aromatic heterocycles. The molecule has 0 amide bonds. The van der Waals surface area contributed by atoms with Crippen LogP contribution in [-0.4, -0.2) is 10.6 Å². The summed E-state index contributed by atoms with van der Waals surface area (Å²) in [6, 6.07) is 11.7. The highest BCUT2D eigenvalue weighted by Crippen LogP contribution is 2.26. The van der Waals surface area contributed by atoms with E-state index >= 15 is 0 Å². The summed E-state index contributed by atoms with van der Waals surface area (Å²) in [6.07, 6.45) is 4.98. The number of fused-ring (bicyclic) bond motifs is 1. The standard InChI is InChI=1S/C17H17BrN2S/c18-13-7-15(21-11-13)10-20-9-12(8-19-14-5-6-14)16-3-1-2-4-17(16)20/h1-4,7,9,11,14,19H,5-6,8,10H2. The molecule has 1 aromatic carbocycles.